The molecule has 1 aromatic heterocycles. The van der Waals surface area contributed by atoms with E-state index in [1.807, 2.05) is 13.8 Å². The van der Waals surface area contributed by atoms with E-state index in [2.05, 4.69) is 0 Å². The average Bonchev–Trinajstić information content (AvgIpc) is 2.45. The highest BCUT2D eigenvalue weighted by Gasteiger charge is 2.36. The zero-order valence-corrected chi connectivity index (χ0v) is 12.6. The topological polar surface area (TPSA) is 66.0 Å². The summed E-state index contributed by atoms with van der Waals surface area (Å²) in [6, 6.07) is 1.72. The van der Waals surface area contributed by atoms with Gasteiger partial charge >= 0.3 is 6.18 Å². The van der Waals surface area contributed by atoms with Crippen molar-refractivity contribution in [3.05, 3.63) is 27.5 Å². The lowest BCUT2D eigenvalue weighted by molar-refractivity contribution is -0.138. The van der Waals surface area contributed by atoms with E-state index in [0.717, 1.165) is 30.3 Å². The smallest absolute Gasteiger partial charge is 0.418 e. The minimum absolute atomic E-state index is 0.0619. The molecule has 1 N–H and O–H groups in total. The summed E-state index contributed by atoms with van der Waals surface area (Å²) in [4.78, 5) is 11.9. The van der Waals surface area contributed by atoms with Crippen LogP contribution in [-0.4, -0.2) is 9.67 Å². The van der Waals surface area contributed by atoms with Gasteiger partial charge in [0.25, 0.3) is 5.56 Å². The van der Waals surface area contributed by atoms with Gasteiger partial charge < -0.3 is 5.11 Å². The number of nitriles is 1. The Kier molecular flexibility index (Phi) is 6.03. The Morgan fingerprint density at radius 2 is 2.05 bits per heavy atom. The number of hydrogen-bond donors (Lipinski definition) is 1. The second kappa shape index (κ2) is 7.34. The standard InChI is InChI=1S/C15H19F3N2O2/c1-3-5-6-10(4-2)9-20-13(21)7-12(15(16,17)18)11(8-19)14(20)22/h7,10,22H,3-6,9H2,1-2H3. The van der Waals surface area contributed by atoms with Crippen molar-refractivity contribution in [2.45, 2.75) is 52.3 Å². The Hall–Kier alpha value is -1.97. The van der Waals surface area contributed by atoms with Gasteiger partial charge in [-0.05, 0) is 12.3 Å². The third-order valence-electron chi connectivity index (χ3n) is 3.68. The van der Waals surface area contributed by atoms with Crippen molar-refractivity contribution in [3.63, 3.8) is 0 Å². The predicted molar refractivity (Wildman–Crippen MR) is 75.4 cm³/mol. The van der Waals surface area contributed by atoms with Crippen LogP contribution in [0.5, 0.6) is 5.88 Å². The number of unbranched alkanes of at least 4 members (excludes halogenated alkanes) is 1. The highest BCUT2D eigenvalue weighted by Crippen LogP contribution is 2.34. The van der Waals surface area contributed by atoms with Crippen LogP contribution in [0.15, 0.2) is 10.9 Å². The van der Waals surface area contributed by atoms with Crippen LogP contribution in [-0.2, 0) is 12.7 Å². The summed E-state index contributed by atoms with van der Waals surface area (Å²) < 4.78 is 39.3. The lowest BCUT2D eigenvalue weighted by Gasteiger charge is -2.19. The molecule has 0 bridgehead atoms. The third-order valence-corrected chi connectivity index (χ3v) is 3.68. The van der Waals surface area contributed by atoms with Crippen molar-refractivity contribution in [2.75, 3.05) is 0 Å². The molecule has 0 radical (unpaired) electrons. The average molecular weight is 316 g/mol. The summed E-state index contributed by atoms with van der Waals surface area (Å²) in [5.41, 5.74) is -3.24. The first kappa shape index (κ1) is 18.1. The second-order valence-corrected chi connectivity index (χ2v) is 5.23. The molecule has 7 heteroatoms. The number of halogens is 3. The van der Waals surface area contributed by atoms with Crippen LogP contribution in [0.25, 0.3) is 0 Å². The van der Waals surface area contributed by atoms with E-state index in [4.69, 9.17) is 5.26 Å². The lowest BCUT2D eigenvalue weighted by atomic mass is 9.99. The van der Waals surface area contributed by atoms with Gasteiger partial charge in [-0.1, -0.05) is 33.1 Å². The van der Waals surface area contributed by atoms with Crippen molar-refractivity contribution in [1.82, 2.24) is 4.57 Å². The summed E-state index contributed by atoms with van der Waals surface area (Å²) in [5.74, 6) is -0.843. The highest BCUT2D eigenvalue weighted by atomic mass is 19.4. The first-order valence-electron chi connectivity index (χ1n) is 7.20. The molecule has 0 saturated heterocycles. The van der Waals surface area contributed by atoms with Gasteiger partial charge in [0.15, 0.2) is 0 Å². The van der Waals surface area contributed by atoms with Crippen molar-refractivity contribution in [2.24, 2.45) is 5.92 Å². The van der Waals surface area contributed by atoms with Crippen molar-refractivity contribution < 1.29 is 18.3 Å². The molecule has 0 amide bonds. The van der Waals surface area contributed by atoms with E-state index in [9.17, 15) is 23.1 Å². The molecular formula is C15H19F3N2O2. The summed E-state index contributed by atoms with van der Waals surface area (Å²) in [7, 11) is 0. The first-order chi connectivity index (χ1) is 10.3. The first-order valence-corrected chi connectivity index (χ1v) is 7.20. The predicted octanol–water partition coefficient (Wildman–Crippen LogP) is 3.66. The summed E-state index contributed by atoms with van der Waals surface area (Å²) >= 11 is 0. The van der Waals surface area contributed by atoms with Gasteiger partial charge in [0, 0.05) is 12.6 Å². The molecule has 1 atom stereocenters. The molecule has 0 aromatic carbocycles. The second-order valence-electron chi connectivity index (χ2n) is 5.23. The van der Waals surface area contributed by atoms with Gasteiger partial charge in [-0.25, -0.2) is 0 Å². The fourth-order valence-electron chi connectivity index (χ4n) is 2.32. The highest BCUT2D eigenvalue weighted by molar-refractivity contribution is 5.46. The molecule has 122 valence electrons. The monoisotopic (exact) mass is 316 g/mol. The molecule has 0 aliphatic carbocycles. The zero-order valence-electron chi connectivity index (χ0n) is 12.6. The molecule has 1 heterocycles. The number of nitrogens with zero attached hydrogens (tertiary/aromatic N) is 2. The Morgan fingerprint density at radius 1 is 1.41 bits per heavy atom. The fourth-order valence-corrected chi connectivity index (χ4v) is 2.32. The van der Waals surface area contributed by atoms with Crippen LogP contribution in [0, 0.1) is 17.2 Å². The summed E-state index contributed by atoms with van der Waals surface area (Å²) in [6.45, 7) is 4.04. The van der Waals surface area contributed by atoms with Crippen LogP contribution in [0.2, 0.25) is 0 Å². The van der Waals surface area contributed by atoms with Gasteiger partial charge in [0.1, 0.15) is 11.6 Å². The summed E-state index contributed by atoms with van der Waals surface area (Å²) in [5, 5.41) is 18.8. The van der Waals surface area contributed by atoms with Crippen LogP contribution < -0.4 is 5.56 Å². The van der Waals surface area contributed by atoms with Crippen molar-refractivity contribution >= 4 is 0 Å². The number of pyridine rings is 1. The molecule has 0 spiro atoms. The maximum absolute atomic E-state index is 12.8. The number of aromatic hydroxyl groups is 1. The normalized spacial score (nSPS) is 12.9. The van der Waals surface area contributed by atoms with Gasteiger partial charge in [-0.2, -0.15) is 18.4 Å². The van der Waals surface area contributed by atoms with Crippen molar-refractivity contribution in [1.29, 1.82) is 5.26 Å². The SMILES string of the molecule is CCCCC(CC)Cn1c(O)c(C#N)c(C(F)(F)F)cc1=O. The molecule has 22 heavy (non-hydrogen) atoms. The number of rotatable bonds is 6. The molecule has 0 aliphatic heterocycles. The maximum atomic E-state index is 12.8. The molecule has 0 aliphatic rings. The number of alkyl halides is 3. The van der Waals surface area contributed by atoms with Crippen LogP contribution in [0.4, 0.5) is 13.2 Å². The molecule has 1 rings (SSSR count). The molecule has 4 nitrogen and oxygen atoms in total. The molecular weight excluding hydrogens is 297 g/mol. The minimum atomic E-state index is -4.85. The molecule has 0 saturated carbocycles. The Morgan fingerprint density at radius 3 is 2.50 bits per heavy atom. The lowest BCUT2D eigenvalue weighted by Crippen LogP contribution is -2.27. The number of hydrogen-bond acceptors (Lipinski definition) is 3. The molecule has 1 aromatic rings. The van der Waals surface area contributed by atoms with Gasteiger partial charge in [0.2, 0.25) is 5.88 Å². The van der Waals surface area contributed by atoms with Crippen LogP contribution in [0.1, 0.15) is 50.7 Å². The largest absolute Gasteiger partial charge is 0.493 e. The fraction of sp³-hybridized carbons (Fsp3) is 0.600. The molecule has 1 unspecified atom stereocenters. The molecule has 0 fully saturated rings. The van der Waals surface area contributed by atoms with Crippen LogP contribution >= 0.6 is 0 Å². The maximum Gasteiger partial charge on any atom is 0.418 e. The van der Waals surface area contributed by atoms with Gasteiger partial charge in [0.05, 0.1) is 5.56 Å². The van der Waals surface area contributed by atoms with E-state index in [1.54, 1.807) is 0 Å². The Bertz CT molecular complexity index is 615. The third kappa shape index (κ3) is 4.03. The van der Waals surface area contributed by atoms with Crippen molar-refractivity contribution in [3.8, 4) is 11.9 Å². The van der Waals surface area contributed by atoms with Gasteiger partial charge in [-0.15, -0.1) is 0 Å². The Balaban J connectivity index is 3.28. The van der Waals surface area contributed by atoms with E-state index in [-0.39, 0.29) is 12.5 Å². The summed E-state index contributed by atoms with van der Waals surface area (Å²) in [6.07, 6.45) is -1.42. The van der Waals surface area contributed by atoms with Gasteiger partial charge in [-0.3, -0.25) is 9.36 Å². The van der Waals surface area contributed by atoms with Crippen LogP contribution in [0.3, 0.4) is 0 Å². The number of aromatic nitrogens is 1. The van der Waals surface area contributed by atoms with E-state index < -0.39 is 28.7 Å². The zero-order chi connectivity index (χ0) is 16.9. The minimum Gasteiger partial charge on any atom is -0.493 e. The quantitative estimate of drug-likeness (QED) is 0.871. The van der Waals surface area contributed by atoms with E-state index >= 15 is 0 Å². The van der Waals surface area contributed by atoms with E-state index in [1.165, 1.54) is 6.07 Å². The van der Waals surface area contributed by atoms with E-state index in [0.29, 0.717) is 6.07 Å². The Labute approximate surface area is 126 Å².